The Bertz CT molecular complexity index is 1810. The van der Waals surface area contributed by atoms with Crippen molar-refractivity contribution in [2.24, 2.45) is 0 Å². The maximum atomic E-state index is 12.5. The number of fused-ring (bicyclic) bond motifs is 1. The van der Waals surface area contributed by atoms with Crippen LogP contribution in [0.25, 0.3) is 11.2 Å². The first kappa shape index (κ1) is 43.1. The Hall–Kier alpha value is -1.30. The summed E-state index contributed by atoms with van der Waals surface area (Å²) >= 11 is 0. The molecule has 266 valence electrons. The number of hydrogen-bond acceptors (Lipinski definition) is 22. The summed E-state index contributed by atoms with van der Waals surface area (Å²) in [4.78, 5) is 57.7. The van der Waals surface area contributed by atoms with Crippen LogP contribution in [0.15, 0.2) is 17.3 Å². The van der Waals surface area contributed by atoms with Crippen molar-refractivity contribution in [3.63, 3.8) is 0 Å². The maximum absolute atomic E-state index is 12.5. The number of ether oxygens (including phenoxy) is 2. The molecule has 0 amide bonds. The van der Waals surface area contributed by atoms with E-state index in [0.717, 1.165) is 21.8 Å². The number of aromatic nitrogens is 7. The number of aliphatic carboxylic acids is 1. The number of nitrogens with one attached hydrogen (secondary N) is 1. The fourth-order valence-electron chi connectivity index (χ4n) is 4.68. The molecule has 26 nitrogen and oxygen atoms in total. The molecule has 3 aromatic rings. The van der Waals surface area contributed by atoms with E-state index < -0.39 is 107 Å². The van der Waals surface area contributed by atoms with Crippen LogP contribution in [0.2, 0.25) is 0 Å². The molecule has 12 atom stereocenters. The van der Waals surface area contributed by atoms with E-state index in [4.69, 9.17) is 20.3 Å². The summed E-state index contributed by atoms with van der Waals surface area (Å²) < 4.78 is 50.2. The number of aliphatic hydroxyl groups is 6. The number of carboxylic acid groups (broad SMARTS) is 1. The van der Waals surface area contributed by atoms with Crippen LogP contribution in [-0.4, -0.2) is 132 Å². The summed E-state index contributed by atoms with van der Waals surface area (Å²) in [6.07, 6.45) is -17.3. The van der Waals surface area contributed by atoms with Crippen molar-refractivity contribution in [2.75, 3.05) is 12.3 Å². The molecule has 50 heavy (non-hydrogen) atoms. The van der Waals surface area contributed by atoms with Gasteiger partial charge in [-0.05, 0) is 0 Å². The van der Waals surface area contributed by atoms with Gasteiger partial charge in [-0.15, -0.1) is 5.10 Å². The van der Waals surface area contributed by atoms with E-state index in [9.17, 15) is 59.1 Å². The van der Waals surface area contributed by atoms with Gasteiger partial charge >= 0.3 is 65.1 Å². The Balaban J connectivity index is 0.00000338. The molecule has 0 spiro atoms. The first-order valence-corrected chi connectivity index (χ1v) is 16.2. The van der Waals surface area contributed by atoms with Crippen molar-refractivity contribution < 1.29 is 141 Å². The number of imidazole rings is 1. The second kappa shape index (κ2) is 16.8. The van der Waals surface area contributed by atoms with E-state index in [2.05, 4.69) is 38.6 Å². The molecule has 2 fully saturated rings. The number of anilines is 1. The molecule has 0 aliphatic carbocycles. The number of nitrogen functional groups attached to an aromatic ring is 1. The van der Waals surface area contributed by atoms with Crippen molar-refractivity contribution in [3.05, 3.63) is 28.6 Å². The minimum Gasteiger partial charge on any atom is -0.756 e. The van der Waals surface area contributed by atoms with Crippen LogP contribution in [0.5, 0.6) is 0 Å². The van der Waals surface area contributed by atoms with E-state index >= 15 is 0 Å². The summed E-state index contributed by atoms with van der Waals surface area (Å²) in [7, 11) is -12.0. The smallest absolute Gasteiger partial charge is 0.756 e. The third kappa shape index (κ3) is 9.43. The number of aromatic amines is 1. The molecule has 5 rings (SSSR count). The summed E-state index contributed by atoms with van der Waals surface area (Å²) in [6.45, 7) is -1.72. The predicted molar refractivity (Wildman–Crippen MR) is 141 cm³/mol. The molecular formula is C20H26N8Na2O18P2. The molecule has 2 aliphatic rings. The number of hydrogen-bond donors (Lipinski definition) is 9. The molecule has 3 aromatic heterocycles. The quantitative estimate of drug-likeness (QED) is 0.0609. The van der Waals surface area contributed by atoms with Gasteiger partial charge in [0.05, 0.1) is 25.7 Å². The number of phosphoric acid groups is 2. The number of nitrogens with zero attached hydrogens (tertiary/aromatic N) is 6. The van der Waals surface area contributed by atoms with Crippen molar-refractivity contribution in [1.82, 2.24) is 34.5 Å². The molecule has 0 aromatic carbocycles. The van der Waals surface area contributed by atoms with Crippen molar-refractivity contribution in [1.29, 1.82) is 0 Å². The number of carbonyl (C=O) groups is 1. The van der Waals surface area contributed by atoms with Gasteiger partial charge in [0.15, 0.2) is 29.8 Å². The zero-order valence-electron chi connectivity index (χ0n) is 25.6. The van der Waals surface area contributed by atoms with Gasteiger partial charge in [0, 0.05) is 0 Å². The SMILES string of the molecule is Nc1nc2c(ncn2[C@@H]2O[C@H](COP(=O)([O-])OP(=O)([O-])O[C@H]3O[C@@H](Cn4cc(C(O)C(=O)O)nn4)[C@@H](O)[C@@H](O)[C@@H]3O)[C@@H](O)[C@H]2O)c(=O)[nH]1.[Na+].[Na+]. The topological polar surface area (TPSA) is 405 Å². The first-order chi connectivity index (χ1) is 22.4. The van der Waals surface area contributed by atoms with Crippen LogP contribution < -0.4 is 80.2 Å². The van der Waals surface area contributed by atoms with E-state index in [-0.39, 0.29) is 76.2 Å². The zero-order valence-corrected chi connectivity index (χ0v) is 31.4. The first-order valence-electron chi connectivity index (χ1n) is 13.3. The molecule has 2 saturated heterocycles. The number of nitrogens with two attached hydrogens (primary N) is 1. The van der Waals surface area contributed by atoms with Crippen LogP contribution in [0, 0.1) is 0 Å². The monoisotopic (exact) mass is 774 g/mol. The van der Waals surface area contributed by atoms with Gasteiger partial charge in [0.1, 0.15) is 48.4 Å². The van der Waals surface area contributed by atoms with Crippen molar-refractivity contribution >= 4 is 38.7 Å². The second-order valence-corrected chi connectivity index (χ2v) is 13.2. The minimum atomic E-state index is -6.05. The molecule has 2 aliphatic heterocycles. The Morgan fingerprint density at radius 3 is 2.36 bits per heavy atom. The van der Waals surface area contributed by atoms with Crippen LogP contribution in [0.4, 0.5) is 5.95 Å². The van der Waals surface area contributed by atoms with Gasteiger partial charge in [0.2, 0.25) is 5.95 Å². The summed E-state index contributed by atoms with van der Waals surface area (Å²) in [5.74, 6) is -1.97. The van der Waals surface area contributed by atoms with E-state index in [1.54, 1.807) is 0 Å². The normalized spacial score (nSPS) is 31.2. The molecule has 0 bridgehead atoms. The van der Waals surface area contributed by atoms with Gasteiger partial charge in [-0.25, -0.2) is 18.8 Å². The average molecular weight is 774 g/mol. The predicted octanol–water partition coefficient (Wildman–Crippen LogP) is -12.5. The molecule has 10 N–H and O–H groups in total. The molecule has 3 unspecified atom stereocenters. The summed E-state index contributed by atoms with van der Waals surface area (Å²) in [5.41, 5.74) is 4.00. The number of H-pyrrole nitrogens is 1. The van der Waals surface area contributed by atoms with E-state index in [1.807, 2.05) is 0 Å². The van der Waals surface area contributed by atoms with Gasteiger partial charge < -0.3 is 65.3 Å². The second-order valence-electron chi connectivity index (χ2n) is 10.3. The molecule has 5 heterocycles. The fourth-order valence-corrected chi connectivity index (χ4v) is 6.76. The standard InChI is InChI=1S/C20H28N8O18P2.2Na/c21-20-23-15-8(16(35)24-20)22-4-28(15)17-13(33)11(31)7(43-17)3-42-47(38,39)46-48(40,41)45-19-14(34)12(32)10(30)6(44-19)2-27-1-5(25-26-27)9(29)18(36)37;;/h1,4,6-7,9-14,17,19,29-34H,2-3H2,(H,36,37)(H,38,39)(H,40,41)(H3,21,23,24,35);;/q;2*+1/p-2/t6-,7+,9?,10+,11+,12+,13+,14-,17+,19+;;/m0../s1. The maximum Gasteiger partial charge on any atom is 1.00 e. The Morgan fingerprint density at radius 1 is 1.04 bits per heavy atom. The van der Waals surface area contributed by atoms with E-state index in [1.165, 1.54) is 0 Å². The Labute approximate surface area is 321 Å². The Morgan fingerprint density at radius 2 is 1.70 bits per heavy atom. The van der Waals surface area contributed by atoms with Gasteiger partial charge in [-0.1, -0.05) is 5.21 Å². The number of phosphoric ester groups is 2. The molecule has 30 heteroatoms. The van der Waals surface area contributed by atoms with Gasteiger partial charge in [0.25, 0.3) is 21.2 Å². The van der Waals surface area contributed by atoms with Gasteiger partial charge in [-0.2, -0.15) is 4.98 Å². The third-order valence-corrected chi connectivity index (χ3v) is 9.53. The number of rotatable bonds is 12. The van der Waals surface area contributed by atoms with Crippen molar-refractivity contribution in [3.8, 4) is 0 Å². The minimum absolute atomic E-state index is 0. The largest absolute Gasteiger partial charge is 1.00 e. The number of aliphatic hydroxyl groups excluding tert-OH is 6. The van der Waals surface area contributed by atoms with Crippen LogP contribution >= 0.6 is 15.6 Å². The van der Waals surface area contributed by atoms with Crippen molar-refractivity contribution in [2.45, 2.75) is 67.9 Å². The third-order valence-electron chi connectivity index (χ3n) is 7.00. The number of carboxylic acids is 1. The average Bonchev–Trinajstić information content (AvgIpc) is 3.70. The van der Waals surface area contributed by atoms with Crippen LogP contribution in [-0.2, 0) is 43.3 Å². The molecular weight excluding hydrogens is 748 g/mol. The summed E-state index contributed by atoms with van der Waals surface area (Å²) in [5, 5.41) is 76.9. The zero-order chi connectivity index (χ0) is 35.3. The molecule has 0 saturated carbocycles. The summed E-state index contributed by atoms with van der Waals surface area (Å²) in [6, 6.07) is 0. The van der Waals surface area contributed by atoms with Crippen LogP contribution in [0.1, 0.15) is 18.0 Å². The van der Waals surface area contributed by atoms with Gasteiger partial charge in [-0.3, -0.25) is 28.0 Å². The van der Waals surface area contributed by atoms with Crippen LogP contribution in [0.3, 0.4) is 0 Å². The van der Waals surface area contributed by atoms with E-state index in [0.29, 0.717) is 0 Å². The fraction of sp³-hybridized carbons (Fsp3) is 0.600. The molecule has 0 radical (unpaired) electrons. The Kier molecular flexibility index (Phi) is 14.5.